The minimum absolute atomic E-state index is 0.0952. The van der Waals surface area contributed by atoms with Crippen molar-refractivity contribution in [2.45, 2.75) is 13.8 Å². The number of amides is 5. The third-order valence-corrected chi connectivity index (χ3v) is 6.85. The van der Waals surface area contributed by atoms with Gasteiger partial charge in [-0.25, -0.2) is 14.6 Å². The molecule has 0 radical (unpaired) electrons. The fourth-order valence-corrected chi connectivity index (χ4v) is 4.91. The van der Waals surface area contributed by atoms with E-state index in [0.29, 0.717) is 22.6 Å². The number of halogens is 1. The largest absolute Gasteiger partial charge is 0.490 e. The van der Waals surface area contributed by atoms with Crippen LogP contribution < -0.4 is 24.6 Å². The molecule has 0 spiro atoms. The van der Waals surface area contributed by atoms with Crippen LogP contribution in [0.2, 0.25) is 5.02 Å². The van der Waals surface area contributed by atoms with Crippen LogP contribution in [0.5, 0.6) is 11.5 Å². The summed E-state index contributed by atoms with van der Waals surface area (Å²) in [6.45, 7) is 3.59. The van der Waals surface area contributed by atoms with Crippen LogP contribution in [0.4, 0.5) is 21.9 Å². The van der Waals surface area contributed by atoms with Crippen LogP contribution in [-0.4, -0.2) is 37.0 Å². The molecule has 5 amide bonds. The smallest absolute Gasteiger partial charge is 0.343 e. The minimum atomic E-state index is -0.796. The van der Waals surface area contributed by atoms with Crippen LogP contribution in [0, 0.1) is 6.92 Å². The molecule has 1 aliphatic heterocycles. The van der Waals surface area contributed by atoms with Crippen molar-refractivity contribution in [1.82, 2.24) is 0 Å². The number of barbiturate groups is 1. The Morgan fingerprint density at radius 2 is 1.43 bits per heavy atom. The van der Waals surface area contributed by atoms with Gasteiger partial charge in [-0.1, -0.05) is 60.1 Å². The number of nitrogens with zero attached hydrogens (tertiary/aromatic N) is 2. The number of benzene rings is 4. The maximum atomic E-state index is 13.7. The molecule has 0 saturated carbocycles. The maximum absolute atomic E-state index is 13.7. The number of carbonyl (C=O) groups excluding carboxylic acids is 4. The lowest BCUT2D eigenvalue weighted by atomic mass is 10.0. The van der Waals surface area contributed by atoms with Crippen molar-refractivity contribution in [2.24, 2.45) is 0 Å². The van der Waals surface area contributed by atoms with Crippen molar-refractivity contribution < 1.29 is 28.7 Å². The molecule has 0 unspecified atom stereocenters. The Bertz CT molecular complexity index is 1690. The lowest BCUT2D eigenvalue weighted by Gasteiger charge is -2.34. The monoisotopic (exact) mass is 609 g/mol. The number of anilines is 3. The summed E-state index contributed by atoms with van der Waals surface area (Å²) in [5.74, 6) is -1.64. The van der Waals surface area contributed by atoms with Crippen LogP contribution in [-0.2, 0) is 14.4 Å². The van der Waals surface area contributed by atoms with Crippen LogP contribution in [0.1, 0.15) is 18.1 Å². The molecule has 1 heterocycles. The predicted octanol–water partition coefficient (Wildman–Crippen LogP) is 6.65. The molecule has 0 aromatic heterocycles. The standard InChI is InChI=1S/C34H28ClN3O6/c1-3-43-29-20-23(19-28(35)31(29)44-21-30(39)36-24-12-10-11-22(2)17-24)18-27-32(40)37(25-13-6-4-7-14-25)34(42)38(33(27)41)26-15-8-5-9-16-26/h4-20H,3,21H2,1-2H3,(H,36,39). The Morgan fingerprint density at radius 3 is 2.00 bits per heavy atom. The first-order valence-electron chi connectivity index (χ1n) is 13.8. The van der Waals surface area contributed by atoms with Gasteiger partial charge in [0.05, 0.1) is 23.0 Å². The highest BCUT2D eigenvalue weighted by Gasteiger charge is 2.43. The fraction of sp³-hybridized carbons (Fsp3) is 0.118. The van der Waals surface area contributed by atoms with Crippen molar-refractivity contribution in [3.05, 3.63) is 119 Å². The molecular weight excluding hydrogens is 582 g/mol. The number of aryl methyl sites for hydroxylation is 1. The fourth-order valence-electron chi connectivity index (χ4n) is 4.64. The van der Waals surface area contributed by atoms with E-state index in [2.05, 4.69) is 5.32 Å². The molecule has 1 aliphatic rings. The number of rotatable bonds is 9. The molecule has 9 nitrogen and oxygen atoms in total. The highest BCUT2D eigenvalue weighted by molar-refractivity contribution is 6.46. The average Bonchev–Trinajstić information content (AvgIpc) is 3.00. The lowest BCUT2D eigenvalue weighted by molar-refractivity contribution is -0.121. The molecule has 4 aromatic carbocycles. The third kappa shape index (κ3) is 6.48. The first kappa shape index (κ1) is 30.1. The summed E-state index contributed by atoms with van der Waals surface area (Å²) in [7, 11) is 0. The first-order valence-corrected chi connectivity index (χ1v) is 14.1. The van der Waals surface area contributed by atoms with Crippen molar-refractivity contribution in [3.8, 4) is 11.5 Å². The second-order valence-corrected chi connectivity index (χ2v) is 10.2. The highest BCUT2D eigenvalue weighted by atomic mass is 35.5. The van der Waals surface area contributed by atoms with Gasteiger partial charge in [0.2, 0.25) is 0 Å². The van der Waals surface area contributed by atoms with Gasteiger partial charge in [-0.2, -0.15) is 0 Å². The number of ether oxygens (including phenoxy) is 2. The molecule has 0 atom stereocenters. The quantitative estimate of drug-likeness (QED) is 0.168. The summed E-state index contributed by atoms with van der Waals surface area (Å²) in [6.07, 6.45) is 1.35. The zero-order chi connectivity index (χ0) is 31.2. The van der Waals surface area contributed by atoms with Crippen molar-refractivity contribution >= 4 is 58.5 Å². The van der Waals surface area contributed by atoms with Crippen LogP contribution >= 0.6 is 11.6 Å². The van der Waals surface area contributed by atoms with Gasteiger partial charge < -0.3 is 14.8 Å². The Labute approximate surface area is 259 Å². The van der Waals surface area contributed by atoms with Gasteiger partial charge in [-0.15, -0.1) is 0 Å². The maximum Gasteiger partial charge on any atom is 0.343 e. The minimum Gasteiger partial charge on any atom is -0.490 e. The van der Waals surface area contributed by atoms with E-state index in [1.165, 1.54) is 12.1 Å². The second kappa shape index (κ2) is 13.3. The normalized spacial score (nSPS) is 13.2. The molecular formula is C34H28ClN3O6. The topological polar surface area (TPSA) is 105 Å². The summed E-state index contributed by atoms with van der Waals surface area (Å²) in [5.41, 5.74) is 2.33. The van der Waals surface area contributed by atoms with E-state index in [0.717, 1.165) is 15.4 Å². The number of para-hydroxylation sites is 2. The van der Waals surface area contributed by atoms with Gasteiger partial charge in [0.1, 0.15) is 5.57 Å². The van der Waals surface area contributed by atoms with Crippen molar-refractivity contribution in [3.63, 3.8) is 0 Å². The first-order chi connectivity index (χ1) is 21.3. The molecule has 44 heavy (non-hydrogen) atoms. The Kier molecular flexibility index (Phi) is 9.06. The number of urea groups is 1. The van der Waals surface area contributed by atoms with E-state index in [-0.39, 0.29) is 35.3 Å². The molecule has 0 bridgehead atoms. The molecule has 1 N–H and O–H groups in total. The van der Waals surface area contributed by atoms with Gasteiger partial charge in [0, 0.05) is 5.69 Å². The van der Waals surface area contributed by atoms with Gasteiger partial charge in [0.15, 0.2) is 18.1 Å². The zero-order valence-electron chi connectivity index (χ0n) is 24.0. The average molecular weight is 610 g/mol. The van der Waals surface area contributed by atoms with Crippen molar-refractivity contribution in [1.29, 1.82) is 0 Å². The molecule has 10 heteroatoms. The highest BCUT2D eigenvalue weighted by Crippen LogP contribution is 2.38. The van der Waals surface area contributed by atoms with E-state index in [4.69, 9.17) is 21.1 Å². The van der Waals surface area contributed by atoms with Crippen molar-refractivity contribution in [2.75, 3.05) is 28.3 Å². The summed E-state index contributed by atoms with van der Waals surface area (Å²) in [5, 5.41) is 2.86. The molecule has 222 valence electrons. The predicted molar refractivity (Wildman–Crippen MR) is 169 cm³/mol. The van der Waals surface area contributed by atoms with Gasteiger partial charge >= 0.3 is 6.03 Å². The third-order valence-electron chi connectivity index (χ3n) is 6.57. The summed E-state index contributed by atoms with van der Waals surface area (Å²) >= 11 is 6.59. The molecule has 5 rings (SSSR count). The molecule has 1 saturated heterocycles. The van der Waals surface area contributed by atoms with Gasteiger partial charge in [0.25, 0.3) is 17.7 Å². The summed E-state index contributed by atoms with van der Waals surface area (Å²) in [6, 6.07) is 26.3. The number of carbonyl (C=O) groups is 4. The van der Waals surface area contributed by atoms with Crippen LogP contribution in [0.25, 0.3) is 6.08 Å². The Morgan fingerprint density at radius 1 is 0.818 bits per heavy atom. The molecule has 4 aromatic rings. The van der Waals surface area contributed by atoms with E-state index in [1.807, 2.05) is 25.1 Å². The number of hydrogen-bond donors (Lipinski definition) is 1. The second-order valence-electron chi connectivity index (χ2n) is 9.76. The Hall–Kier alpha value is -5.41. The Balaban J connectivity index is 1.48. The number of hydrogen-bond acceptors (Lipinski definition) is 6. The van der Waals surface area contributed by atoms with Gasteiger partial charge in [-0.05, 0) is 79.6 Å². The van der Waals surface area contributed by atoms with Crippen LogP contribution in [0.15, 0.2) is 103 Å². The van der Waals surface area contributed by atoms with Gasteiger partial charge in [-0.3, -0.25) is 14.4 Å². The van der Waals surface area contributed by atoms with Crippen LogP contribution in [0.3, 0.4) is 0 Å². The SMILES string of the molecule is CCOc1cc(C=C2C(=O)N(c3ccccc3)C(=O)N(c3ccccc3)C2=O)cc(Cl)c1OCC(=O)Nc1cccc(C)c1. The number of imide groups is 2. The summed E-state index contributed by atoms with van der Waals surface area (Å²) in [4.78, 5) is 55.4. The molecule has 1 fully saturated rings. The van der Waals surface area contributed by atoms with E-state index >= 15 is 0 Å². The van der Waals surface area contributed by atoms with E-state index in [1.54, 1.807) is 79.7 Å². The molecule has 0 aliphatic carbocycles. The van der Waals surface area contributed by atoms with E-state index in [9.17, 15) is 19.2 Å². The van der Waals surface area contributed by atoms with E-state index < -0.39 is 23.8 Å². The number of nitrogens with one attached hydrogen (secondary N) is 1. The lowest BCUT2D eigenvalue weighted by Crippen LogP contribution is -2.57. The summed E-state index contributed by atoms with van der Waals surface area (Å²) < 4.78 is 11.5. The zero-order valence-corrected chi connectivity index (χ0v) is 24.7.